The number of sulfonamides is 1. The highest BCUT2D eigenvalue weighted by molar-refractivity contribution is 7.90. The van der Waals surface area contributed by atoms with E-state index in [1.54, 1.807) is 24.3 Å². The maximum atomic E-state index is 13.0. The van der Waals surface area contributed by atoms with E-state index in [9.17, 15) is 13.2 Å². The van der Waals surface area contributed by atoms with Gasteiger partial charge < -0.3 is 10.2 Å². The second-order valence-corrected chi connectivity index (χ2v) is 11.9. The van der Waals surface area contributed by atoms with Crippen LogP contribution in [0.3, 0.4) is 0 Å². The van der Waals surface area contributed by atoms with Crippen LogP contribution in [-0.2, 0) is 21.2 Å². The Balaban J connectivity index is 1.24. The number of azo groups is 1. The molecule has 0 spiro atoms. The highest BCUT2D eigenvalue weighted by Crippen LogP contribution is 2.31. The van der Waals surface area contributed by atoms with Crippen molar-refractivity contribution in [2.45, 2.75) is 36.7 Å². The van der Waals surface area contributed by atoms with Gasteiger partial charge in [-0.1, -0.05) is 65.9 Å². The summed E-state index contributed by atoms with van der Waals surface area (Å²) in [5, 5.41) is 9.15. The summed E-state index contributed by atoms with van der Waals surface area (Å²) in [7, 11) is -4.14. The number of amides is 1. The van der Waals surface area contributed by atoms with Gasteiger partial charge in [-0.3, -0.25) is 4.79 Å². The van der Waals surface area contributed by atoms with Gasteiger partial charge in [-0.25, -0.2) is 18.1 Å². The zero-order valence-electron chi connectivity index (χ0n) is 21.6. The first-order valence-corrected chi connectivity index (χ1v) is 14.9. The summed E-state index contributed by atoms with van der Waals surface area (Å²) in [6, 6.07) is 25.7. The minimum absolute atomic E-state index is 0.0740. The van der Waals surface area contributed by atoms with Gasteiger partial charge in [0.05, 0.1) is 21.2 Å². The predicted octanol–water partition coefficient (Wildman–Crippen LogP) is 6.17. The number of aryl methyl sites for hydroxylation is 1. The number of nitrogens with one attached hydrogen (secondary N) is 1. The molecule has 3 aromatic carbocycles. The quantitative estimate of drug-likeness (QED) is 0.192. The van der Waals surface area contributed by atoms with Gasteiger partial charge in [0.25, 0.3) is 15.9 Å². The fourth-order valence-electron chi connectivity index (χ4n) is 4.01. The summed E-state index contributed by atoms with van der Waals surface area (Å²) in [4.78, 5) is 16.9. The zero-order chi connectivity index (χ0) is 28.1. The summed E-state index contributed by atoms with van der Waals surface area (Å²) in [6.07, 6.45) is 0.874. The number of benzene rings is 3. The Morgan fingerprint density at radius 3 is 2.60 bits per heavy atom. The average molecular weight is 574 g/mol. The molecule has 0 saturated heterocycles. The van der Waals surface area contributed by atoms with E-state index in [2.05, 4.69) is 19.9 Å². The Kier molecular flexibility index (Phi) is 8.15. The Morgan fingerprint density at radius 1 is 1.02 bits per heavy atom. The number of carbonyl (C=O) groups is 1. The molecule has 11 heteroatoms. The molecule has 0 aliphatic carbocycles. The molecule has 0 aliphatic heterocycles. The molecule has 2 atom stereocenters. The average Bonchev–Trinajstić information content (AvgIpc) is 3.63. The number of thiazole rings is 1. The lowest BCUT2D eigenvalue weighted by molar-refractivity contribution is -0.120. The molecular weight excluding hydrogens is 546 g/mol. The smallest absolute Gasteiger partial charge is 0.264 e. The number of furan rings is 1. The van der Waals surface area contributed by atoms with Gasteiger partial charge in [0, 0.05) is 5.56 Å². The van der Waals surface area contributed by atoms with Crippen molar-refractivity contribution in [2.24, 2.45) is 16.0 Å². The van der Waals surface area contributed by atoms with E-state index in [-0.39, 0.29) is 10.9 Å². The molecule has 9 nitrogen and oxygen atoms in total. The second kappa shape index (κ2) is 11.9. The summed E-state index contributed by atoms with van der Waals surface area (Å²) >= 11 is 1.45. The standard InChI is InChI=1S/C29H27N5O4S2/c1-19(32-33-29-31-24-12-5-6-13-27(24)39-29)25-16-17-26(38-25)21-10-7-11-22(18-21)40(36,37)34-28(35)23(30)15-14-20-8-3-2-4-9-20/h2-13,16-19,23H,14-15,30H2,1H3,(H,34,35)/t19?,23-/m0/s1. The monoisotopic (exact) mass is 573 g/mol. The van der Waals surface area contributed by atoms with E-state index < -0.39 is 22.0 Å². The molecule has 0 fully saturated rings. The van der Waals surface area contributed by atoms with Crippen LogP contribution in [0.4, 0.5) is 5.13 Å². The third-order valence-corrected chi connectivity index (χ3v) is 8.49. The van der Waals surface area contributed by atoms with Crippen LogP contribution >= 0.6 is 11.3 Å². The van der Waals surface area contributed by atoms with Crippen molar-refractivity contribution in [1.29, 1.82) is 0 Å². The van der Waals surface area contributed by atoms with E-state index in [1.807, 2.05) is 61.5 Å². The van der Waals surface area contributed by atoms with Crippen molar-refractivity contribution < 1.29 is 17.6 Å². The lowest BCUT2D eigenvalue weighted by Gasteiger charge is -2.13. The fraction of sp³-hybridized carbons (Fsp3) is 0.172. The molecule has 0 aliphatic rings. The van der Waals surface area contributed by atoms with Gasteiger partial charge in [-0.05, 0) is 61.7 Å². The number of nitrogens with two attached hydrogens (primary N) is 1. The molecule has 0 saturated carbocycles. The predicted molar refractivity (Wildman–Crippen MR) is 155 cm³/mol. The van der Waals surface area contributed by atoms with Gasteiger partial charge in [-0.2, -0.15) is 5.11 Å². The summed E-state index contributed by atoms with van der Waals surface area (Å²) in [5.41, 5.74) is 8.40. The highest BCUT2D eigenvalue weighted by Gasteiger charge is 2.23. The molecule has 2 aromatic heterocycles. The minimum Gasteiger partial charge on any atom is -0.459 e. The van der Waals surface area contributed by atoms with Gasteiger partial charge in [0.15, 0.2) is 0 Å². The molecule has 5 aromatic rings. The Hall–Kier alpha value is -4.19. The van der Waals surface area contributed by atoms with Crippen LogP contribution in [0.5, 0.6) is 0 Å². The lowest BCUT2D eigenvalue weighted by atomic mass is 10.1. The van der Waals surface area contributed by atoms with E-state index in [1.165, 1.54) is 23.5 Å². The number of hydrogen-bond acceptors (Lipinski definition) is 9. The van der Waals surface area contributed by atoms with Gasteiger partial charge in [-0.15, -0.1) is 5.11 Å². The van der Waals surface area contributed by atoms with E-state index in [0.717, 1.165) is 15.8 Å². The third kappa shape index (κ3) is 6.50. The Morgan fingerprint density at radius 2 is 1.80 bits per heavy atom. The minimum atomic E-state index is -4.14. The van der Waals surface area contributed by atoms with E-state index >= 15 is 0 Å². The number of nitrogens with zero attached hydrogens (tertiary/aromatic N) is 3. The molecule has 5 rings (SSSR count). The molecule has 3 N–H and O–H groups in total. The molecule has 1 unspecified atom stereocenters. The topological polar surface area (TPSA) is 140 Å². The molecule has 2 heterocycles. The molecule has 40 heavy (non-hydrogen) atoms. The molecule has 0 bridgehead atoms. The maximum absolute atomic E-state index is 13.0. The molecule has 0 radical (unpaired) electrons. The number of hydrogen-bond donors (Lipinski definition) is 2. The first-order valence-electron chi connectivity index (χ1n) is 12.6. The third-order valence-electron chi connectivity index (χ3n) is 6.23. The van der Waals surface area contributed by atoms with Crippen molar-refractivity contribution in [1.82, 2.24) is 9.71 Å². The molecular formula is C29H27N5O4S2. The van der Waals surface area contributed by atoms with Crippen molar-refractivity contribution in [3.05, 3.63) is 102 Å². The Bertz CT molecular complexity index is 1730. The fourth-order valence-corrected chi connectivity index (χ4v) is 5.88. The summed E-state index contributed by atoms with van der Waals surface area (Å²) in [6.45, 7) is 1.84. The van der Waals surface area contributed by atoms with Crippen LogP contribution in [0.1, 0.15) is 30.7 Å². The molecule has 204 valence electrons. The number of para-hydroxylation sites is 1. The van der Waals surface area contributed by atoms with Crippen LogP contribution in [0.25, 0.3) is 21.5 Å². The first kappa shape index (κ1) is 27.4. The van der Waals surface area contributed by atoms with Crippen LogP contribution in [0, 0.1) is 0 Å². The van der Waals surface area contributed by atoms with Crippen LogP contribution in [0.2, 0.25) is 0 Å². The largest absolute Gasteiger partial charge is 0.459 e. The van der Waals surface area contributed by atoms with Crippen molar-refractivity contribution in [2.75, 3.05) is 0 Å². The van der Waals surface area contributed by atoms with Gasteiger partial charge in [0.2, 0.25) is 5.13 Å². The number of carbonyl (C=O) groups excluding carboxylic acids is 1. The molecule has 1 amide bonds. The second-order valence-electron chi connectivity index (χ2n) is 9.19. The van der Waals surface area contributed by atoms with Crippen LogP contribution in [0.15, 0.2) is 111 Å². The van der Waals surface area contributed by atoms with Crippen molar-refractivity contribution >= 4 is 42.6 Å². The Labute approximate surface area is 235 Å². The lowest BCUT2D eigenvalue weighted by Crippen LogP contribution is -2.43. The van der Waals surface area contributed by atoms with E-state index in [0.29, 0.717) is 35.1 Å². The van der Waals surface area contributed by atoms with Gasteiger partial charge in [0.1, 0.15) is 17.6 Å². The van der Waals surface area contributed by atoms with Crippen molar-refractivity contribution in [3.63, 3.8) is 0 Å². The number of aromatic nitrogens is 1. The number of rotatable bonds is 10. The summed E-state index contributed by atoms with van der Waals surface area (Å²) in [5.74, 6) is 0.264. The van der Waals surface area contributed by atoms with Crippen molar-refractivity contribution in [3.8, 4) is 11.3 Å². The summed E-state index contributed by atoms with van der Waals surface area (Å²) < 4.78 is 35.0. The van der Waals surface area contributed by atoms with Gasteiger partial charge >= 0.3 is 0 Å². The van der Waals surface area contributed by atoms with E-state index in [4.69, 9.17) is 10.2 Å². The SMILES string of the molecule is CC(N=Nc1nc2ccccc2s1)c1ccc(-c2cccc(S(=O)(=O)NC(=O)[C@@H](N)CCc3ccccc3)c2)o1. The first-order chi connectivity index (χ1) is 19.3. The number of fused-ring (bicyclic) bond motifs is 1. The normalized spacial score (nSPS) is 13.4. The zero-order valence-corrected chi connectivity index (χ0v) is 23.2. The highest BCUT2D eigenvalue weighted by atomic mass is 32.2. The van der Waals surface area contributed by atoms with Crippen LogP contribution in [-0.4, -0.2) is 25.4 Å². The maximum Gasteiger partial charge on any atom is 0.264 e. The van der Waals surface area contributed by atoms with Crippen LogP contribution < -0.4 is 10.5 Å².